The molecule has 0 fully saturated rings. The maximum absolute atomic E-state index is 2.51. The van der Waals surface area contributed by atoms with Crippen molar-refractivity contribution in [3.63, 3.8) is 0 Å². The van der Waals surface area contributed by atoms with E-state index >= 15 is 0 Å². The van der Waals surface area contributed by atoms with Crippen molar-refractivity contribution in [2.24, 2.45) is 0 Å². The zero-order chi connectivity index (χ0) is 4.50. The van der Waals surface area contributed by atoms with Gasteiger partial charge in [-0.25, -0.2) is 0 Å². The fourth-order valence-electron chi connectivity index (χ4n) is 0. The van der Waals surface area contributed by atoms with Gasteiger partial charge in [-0.1, -0.05) is 0 Å². The van der Waals surface area contributed by atoms with Gasteiger partial charge in [0, 0.05) is 8.41 Å². The predicted molar refractivity (Wildman–Crippen MR) is 61.8 cm³/mol. The van der Waals surface area contributed by atoms with Gasteiger partial charge in [-0.05, 0) is 0 Å². The van der Waals surface area contributed by atoms with E-state index in [1.165, 1.54) is 0 Å². The van der Waals surface area contributed by atoms with Crippen molar-refractivity contribution in [1.82, 2.24) is 0 Å². The Morgan fingerprint density at radius 1 is 0.833 bits per heavy atom. The van der Waals surface area contributed by atoms with Crippen molar-refractivity contribution in [3.05, 3.63) is 0 Å². The second-order valence-electron chi connectivity index (χ2n) is 0.383. The SMILES string of the molecule is [B].[I][V]([I])([I])[I]. The minimum absolute atomic E-state index is 0. The Morgan fingerprint density at radius 3 is 0.833 bits per heavy atom. The number of hydrogen-bond donors (Lipinski definition) is 0. The molecule has 6 heavy (non-hydrogen) atoms. The van der Waals surface area contributed by atoms with Crippen LogP contribution in [-0.2, 0) is 0.376 Å². The molecule has 0 aliphatic heterocycles. The summed E-state index contributed by atoms with van der Waals surface area (Å²) in [5.74, 6) is 0. The first-order valence-corrected chi connectivity index (χ1v) is 18.7. The van der Waals surface area contributed by atoms with Crippen molar-refractivity contribution in [3.8, 4) is 0 Å². The molecule has 0 saturated carbocycles. The first-order valence-electron chi connectivity index (χ1n) is 0.676. The average Bonchev–Trinajstić information content (AvgIpc) is 0.722. The Balaban J connectivity index is 0. The first-order chi connectivity index (χ1) is 2.00. The molecule has 0 aromatic rings. The number of hydrogen-bond acceptors (Lipinski definition) is 0. The monoisotopic (exact) mass is 570 g/mol. The molecule has 0 amide bonds. The molecular formula is BI4V. The van der Waals surface area contributed by atoms with Gasteiger partial charge in [-0.3, -0.25) is 0 Å². The average molecular weight is 569 g/mol. The Bertz CT molecular complexity index is 23.0. The normalized spacial score (nSPS) is 10.0. The molecule has 36 valence electrons. The van der Waals surface area contributed by atoms with Gasteiger partial charge in [-0.15, -0.1) is 0 Å². The summed E-state index contributed by atoms with van der Waals surface area (Å²) in [4.78, 5) is 0. The van der Waals surface area contributed by atoms with Crippen LogP contribution in [0.3, 0.4) is 0 Å². The van der Waals surface area contributed by atoms with Crippen molar-refractivity contribution in [2.45, 2.75) is 0 Å². The van der Waals surface area contributed by atoms with Gasteiger partial charge in [0.25, 0.3) is 0 Å². The summed E-state index contributed by atoms with van der Waals surface area (Å²) in [6.07, 6.45) is 0. The zero-order valence-corrected chi connectivity index (χ0v) is 12.6. The number of halogens is 4. The summed E-state index contributed by atoms with van der Waals surface area (Å²) < 4.78 is -0.995. The minimum atomic E-state index is -0.995. The summed E-state index contributed by atoms with van der Waals surface area (Å²) in [6.45, 7) is 0. The van der Waals surface area contributed by atoms with Crippen LogP contribution in [0.15, 0.2) is 0 Å². The Kier molecular flexibility index (Phi) is 11.0. The van der Waals surface area contributed by atoms with Gasteiger partial charge in [-0.2, -0.15) is 0 Å². The Hall–Kier alpha value is 3.57. The summed E-state index contributed by atoms with van der Waals surface area (Å²) in [7, 11) is 0. The van der Waals surface area contributed by atoms with E-state index in [1.54, 1.807) is 0 Å². The summed E-state index contributed by atoms with van der Waals surface area (Å²) in [6, 6.07) is 0. The third-order valence-corrected chi connectivity index (χ3v) is 0. The standard InChI is InChI=1S/B.4HI.V/h;4*1H;/q;;;;;+4/p-4. The molecule has 0 spiro atoms. The second kappa shape index (κ2) is 5.36. The van der Waals surface area contributed by atoms with Gasteiger partial charge < -0.3 is 0 Å². The number of rotatable bonds is 0. The van der Waals surface area contributed by atoms with E-state index < -0.39 is 0.376 Å². The Labute approximate surface area is 86.1 Å². The molecule has 0 aliphatic carbocycles. The molecule has 3 radical (unpaired) electrons. The van der Waals surface area contributed by atoms with E-state index in [0.717, 1.165) is 0 Å². The second-order valence-corrected chi connectivity index (χ2v) is 71.1. The molecule has 6 heteroatoms. The first kappa shape index (κ1) is 12.3. The molecule has 0 aromatic carbocycles. The van der Waals surface area contributed by atoms with E-state index in [0.29, 0.717) is 0 Å². The van der Waals surface area contributed by atoms with Gasteiger partial charge in [0.2, 0.25) is 0 Å². The molecule has 0 rings (SSSR count). The van der Waals surface area contributed by atoms with Crippen LogP contribution in [0.25, 0.3) is 0 Å². The van der Waals surface area contributed by atoms with E-state index in [1.807, 2.05) is 0 Å². The van der Waals surface area contributed by atoms with Crippen molar-refractivity contribution in [2.75, 3.05) is 0 Å². The van der Waals surface area contributed by atoms with Crippen molar-refractivity contribution in [1.29, 1.82) is 0 Å². The third-order valence-electron chi connectivity index (χ3n) is 0. The van der Waals surface area contributed by atoms with Gasteiger partial charge in [0.05, 0.1) is 0 Å². The third kappa shape index (κ3) is 25.6. The molecule has 0 aliphatic rings. The zero-order valence-electron chi connectivity index (χ0n) is 2.54. The van der Waals surface area contributed by atoms with Crippen LogP contribution in [0.2, 0.25) is 0 Å². The molecule has 0 N–H and O–H groups in total. The maximum atomic E-state index is 2.51. The summed E-state index contributed by atoms with van der Waals surface area (Å²) >= 11 is 10.0. The van der Waals surface area contributed by atoms with E-state index in [9.17, 15) is 0 Å². The van der Waals surface area contributed by atoms with Gasteiger partial charge in [0.15, 0.2) is 0 Å². The Morgan fingerprint density at radius 2 is 0.833 bits per heavy atom. The molecule has 0 atom stereocenters. The molecule has 0 aromatic heterocycles. The quantitative estimate of drug-likeness (QED) is 0.311. The van der Waals surface area contributed by atoms with Crippen LogP contribution < -0.4 is 0 Å². The van der Waals surface area contributed by atoms with E-state index in [-0.39, 0.29) is 8.41 Å². The van der Waals surface area contributed by atoms with Crippen LogP contribution >= 0.6 is 79.9 Å². The predicted octanol–water partition coefficient (Wildman–Crippen LogP) is 3.16. The molecule has 0 unspecified atom stereocenters. The van der Waals surface area contributed by atoms with Gasteiger partial charge in [0.1, 0.15) is 0 Å². The topological polar surface area (TPSA) is 0 Å². The van der Waals surface area contributed by atoms with E-state index in [4.69, 9.17) is 0 Å². The molecule has 0 bridgehead atoms. The molecule has 0 heterocycles. The van der Waals surface area contributed by atoms with Crippen LogP contribution in [0.1, 0.15) is 0 Å². The van der Waals surface area contributed by atoms with Gasteiger partial charge >= 0.3 is 80.3 Å². The molecule has 0 saturated heterocycles. The van der Waals surface area contributed by atoms with E-state index in [2.05, 4.69) is 79.9 Å². The van der Waals surface area contributed by atoms with Crippen molar-refractivity contribution < 1.29 is 0.376 Å². The van der Waals surface area contributed by atoms with Crippen molar-refractivity contribution >= 4 is 88.3 Å². The van der Waals surface area contributed by atoms with Crippen LogP contribution in [0, 0.1) is 0 Å². The fraction of sp³-hybridized carbons (Fsp3) is 0. The summed E-state index contributed by atoms with van der Waals surface area (Å²) in [5, 5.41) is 0. The van der Waals surface area contributed by atoms with Crippen LogP contribution in [0.5, 0.6) is 0 Å². The molecule has 0 nitrogen and oxygen atoms in total. The summed E-state index contributed by atoms with van der Waals surface area (Å²) in [5.41, 5.74) is 0. The molecular weight excluding hydrogens is 569 g/mol. The van der Waals surface area contributed by atoms with Crippen LogP contribution in [-0.4, -0.2) is 8.41 Å². The van der Waals surface area contributed by atoms with Crippen LogP contribution in [0.4, 0.5) is 0 Å². The fourth-order valence-corrected chi connectivity index (χ4v) is 0.